The first kappa shape index (κ1) is 11.0. The Balaban J connectivity index is 2.40. The molecular weight excluding hydrogens is 200 g/mol. The van der Waals surface area contributed by atoms with Crippen LogP contribution in [0, 0.1) is 5.92 Å². The summed E-state index contributed by atoms with van der Waals surface area (Å²) < 4.78 is 0. The summed E-state index contributed by atoms with van der Waals surface area (Å²) in [6.45, 7) is 5.06. The summed E-state index contributed by atoms with van der Waals surface area (Å²) in [7, 11) is 0. The average Bonchev–Trinajstić information content (AvgIpc) is 2.63. The van der Waals surface area contributed by atoms with E-state index in [-0.39, 0.29) is 11.3 Å². The minimum atomic E-state index is -0.0647. The zero-order chi connectivity index (χ0) is 11.8. The summed E-state index contributed by atoms with van der Waals surface area (Å²) in [6.07, 6.45) is 0.578. The maximum Gasteiger partial charge on any atom is 0.221 e. The number of benzene rings is 1. The largest absolute Gasteiger partial charge is 0.399 e. The fourth-order valence-electron chi connectivity index (χ4n) is 2.43. The van der Waals surface area contributed by atoms with E-state index in [4.69, 9.17) is 5.73 Å². The third-order valence-electron chi connectivity index (χ3n) is 3.67. The number of anilines is 1. The van der Waals surface area contributed by atoms with Crippen molar-refractivity contribution < 1.29 is 4.79 Å². The van der Waals surface area contributed by atoms with E-state index in [9.17, 15) is 4.79 Å². The number of nitrogens with two attached hydrogens (primary N) is 1. The lowest BCUT2D eigenvalue weighted by Gasteiger charge is -2.32. The second kappa shape index (κ2) is 3.81. The van der Waals surface area contributed by atoms with Gasteiger partial charge in [0.25, 0.3) is 0 Å². The fourth-order valence-corrected chi connectivity index (χ4v) is 2.43. The van der Waals surface area contributed by atoms with Crippen molar-refractivity contribution in [2.75, 3.05) is 12.3 Å². The second-order valence-corrected chi connectivity index (χ2v) is 4.89. The van der Waals surface area contributed by atoms with Gasteiger partial charge in [-0.3, -0.25) is 4.79 Å². The van der Waals surface area contributed by atoms with Gasteiger partial charge in [-0.25, -0.2) is 0 Å². The van der Waals surface area contributed by atoms with Crippen molar-refractivity contribution in [1.82, 2.24) is 5.32 Å². The molecule has 3 N–H and O–H groups in total. The number of carbonyl (C=O) groups is 1. The fraction of sp³-hybridized carbons (Fsp3) is 0.462. The highest BCUT2D eigenvalue weighted by Gasteiger charge is 2.42. The lowest BCUT2D eigenvalue weighted by atomic mass is 9.71. The molecule has 3 heteroatoms. The second-order valence-electron chi connectivity index (χ2n) is 4.89. The quantitative estimate of drug-likeness (QED) is 0.742. The molecule has 1 atom stereocenters. The molecule has 0 bridgehead atoms. The molecule has 2 rings (SSSR count). The SMILES string of the molecule is CC(C)[C@]1(c2ccc(N)cc2)CNC(=O)C1. The molecular formula is C13H18N2O. The van der Waals surface area contributed by atoms with Crippen LogP contribution in [0.2, 0.25) is 0 Å². The summed E-state index contributed by atoms with van der Waals surface area (Å²) in [5, 5.41) is 2.93. The number of hydrogen-bond donors (Lipinski definition) is 2. The first-order valence-corrected chi connectivity index (χ1v) is 5.67. The van der Waals surface area contributed by atoms with Gasteiger partial charge in [-0.05, 0) is 23.6 Å². The Kier molecular flexibility index (Phi) is 2.62. The highest BCUT2D eigenvalue weighted by Crippen LogP contribution is 2.38. The summed E-state index contributed by atoms with van der Waals surface area (Å²) in [5.74, 6) is 0.570. The molecule has 1 aromatic carbocycles. The normalized spacial score (nSPS) is 24.8. The first-order valence-electron chi connectivity index (χ1n) is 5.67. The molecule has 86 valence electrons. The van der Waals surface area contributed by atoms with Gasteiger partial charge < -0.3 is 11.1 Å². The van der Waals surface area contributed by atoms with Gasteiger partial charge in [0.2, 0.25) is 5.91 Å². The van der Waals surface area contributed by atoms with Crippen LogP contribution in [-0.2, 0) is 10.2 Å². The minimum Gasteiger partial charge on any atom is -0.399 e. The maximum absolute atomic E-state index is 11.5. The number of amides is 1. The van der Waals surface area contributed by atoms with E-state index in [1.807, 2.05) is 24.3 Å². The van der Waals surface area contributed by atoms with Gasteiger partial charge in [-0.15, -0.1) is 0 Å². The highest BCUT2D eigenvalue weighted by molar-refractivity contribution is 5.80. The smallest absolute Gasteiger partial charge is 0.221 e. The van der Waals surface area contributed by atoms with Crippen molar-refractivity contribution in [3.63, 3.8) is 0 Å². The molecule has 0 radical (unpaired) electrons. The van der Waals surface area contributed by atoms with E-state index in [1.165, 1.54) is 5.56 Å². The van der Waals surface area contributed by atoms with Crippen molar-refractivity contribution in [1.29, 1.82) is 0 Å². The molecule has 1 saturated heterocycles. The van der Waals surface area contributed by atoms with E-state index < -0.39 is 0 Å². The van der Waals surface area contributed by atoms with Crippen molar-refractivity contribution in [2.45, 2.75) is 25.7 Å². The molecule has 1 fully saturated rings. The van der Waals surface area contributed by atoms with Crippen LogP contribution in [0.25, 0.3) is 0 Å². The lowest BCUT2D eigenvalue weighted by Crippen LogP contribution is -2.34. The molecule has 0 unspecified atom stereocenters. The van der Waals surface area contributed by atoms with Crippen molar-refractivity contribution in [3.05, 3.63) is 29.8 Å². The first-order chi connectivity index (χ1) is 7.54. The third-order valence-corrected chi connectivity index (χ3v) is 3.67. The highest BCUT2D eigenvalue weighted by atomic mass is 16.1. The molecule has 3 nitrogen and oxygen atoms in total. The summed E-state index contributed by atoms with van der Waals surface area (Å²) in [5.41, 5.74) is 7.59. The van der Waals surface area contributed by atoms with Crippen LogP contribution in [0.4, 0.5) is 5.69 Å². The van der Waals surface area contributed by atoms with Crippen molar-refractivity contribution in [3.8, 4) is 0 Å². The van der Waals surface area contributed by atoms with Crippen LogP contribution in [0.5, 0.6) is 0 Å². The molecule has 0 aromatic heterocycles. The number of carbonyl (C=O) groups excluding carboxylic acids is 1. The topological polar surface area (TPSA) is 55.1 Å². The minimum absolute atomic E-state index is 0.0647. The van der Waals surface area contributed by atoms with Gasteiger partial charge in [-0.1, -0.05) is 26.0 Å². The molecule has 1 aliphatic rings. The van der Waals surface area contributed by atoms with Crippen LogP contribution in [0.15, 0.2) is 24.3 Å². The average molecular weight is 218 g/mol. The zero-order valence-electron chi connectivity index (χ0n) is 9.79. The molecule has 0 saturated carbocycles. The molecule has 1 amide bonds. The summed E-state index contributed by atoms with van der Waals surface area (Å²) in [4.78, 5) is 11.5. The predicted octanol–water partition coefficient (Wildman–Crippen LogP) is 1.68. The van der Waals surface area contributed by atoms with Gasteiger partial charge in [-0.2, -0.15) is 0 Å². The summed E-state index contributed by atoms with van der Waals surface area (Å²) >= 11 is 0. The van der Waals surface area contributed by atoms with Crippen molar-refractivity contribution in [2.24, 2.45) is 5.92 Å². The van der Waals surface area contributed by atoms with Crippen LogP contribution < -0.4 is 11.1 Å². The maximum atomic E-state index is 11.5. The molecule has 0 spiro atoms. The Morgan fingerprint density at radius 2 is 1.94 bits per heavy atom. The number of hydrogen-bond acceptors (Lipinski definition) is 2. The van der Waals surface area contributed by atoms with E-state index in [2.05, 4.69) is 19.2 Å². The third kappa shape index (κ3) is 1.66. The lowest BCUT2D eigenvalue weighted by molar-refractivity contribution is -0.119. The van der Waals surface area contributed by atoms with Gasteiger partial charge in [0.05, 0.1) is 0 Å². The van der Waals surface area contributed by atoms with Gasteiger partial charge in [0, 0.05) is 24.1 Å². The number of nitrogens with one attached hydrogen (secondary N) is 1. The van der Waals surface area contributed by atoms with Gasteiger partial charge >= 0.3 is 0 Å². The van der Waals surface area contributed by atoms with E-state index in [1.54, 1.807) is 0 Å². The monoisotopic (exact) mass is 218 g/mol. The van der Waals surface area contributed by atoms with Crippen LogP contribution >= 0.6 is 0 Å². The molecule has 1 aromatic rings. The van der Waals surface area contributed by atoms with E-state index >= 15 is 0 Å². The molecule has 1 aliphatic heterocycles. The van der Waals surface area contributed by atoms with Gasteiger partial charge in [0.15, 0.2) is 0 Å². The predicted molar refractivity (Wildman–Crippen MR) is 65.0 cm³/mol. The molecule has 16 heavy (non-hydrogen) atoms. The van der Waals surface area contributed by atoms with Crippen LogP contribution in [0.3, 0.4) is 0 Å². The molecule has 1 heterocycles. The van der Waals surface area contributed by atoms with Crippen LogP contribution in [0.1, 0.15) is 25.8 Å². The van der Waals surface area contributed by atoms with Gasteiger partial charge in [0.1, 0.15) is 0 Å². The summed E-state index contributed by atoms with van der Waals surface area (Å²) in [6, 6.07) is 7.88. The Morgan fingerprint density at radius 3 is 2.38 bits per heavy atom. The van der Waals surface area contributed by atoms with Crippen LogP contribution in [-0.4, -0.2) is 12.5 Å². The van der Waals surface area contributed by atoms with E-state index in [0.717, 1.165) is 12.2 Å². The number of rotatable bonds is 2. The standard InChI is InChI=1S/C13H18N2O/c1-9(2)13(7-12(16)15-8-13)10-3-5-11(14)6-4-10/h3-6,9H,7-8,14H2,1-2H3,(H,15,16)/t13-/m1/s1. The molecule has 0 aliphatic carbocycles. The van der Waals surface area contributed by atoms with E-state index in [0.29, 0.717) is 12.3 Å². The Hall–Kier alpha value is -1.51. The Morgan fingerprint density at radius 1 is 1.31 bits per heavy atom. The van der Waals surface area contributed by atoms with Crippen molar-refractivity contribution >= 4 is 11.6 Å². The Labute approximate surface area is 96.0 Å². The zero-order valence-corrected chi connectivity index (χ0v) is 9.79. The Bertz CT molecular complexity index is 397. The number of nitrogen functional groups attached to an aromatic ring is 1.